The van der Waals surface area contributed by atoms with Crippen molar-refractivity contribution in [1.82, 2.24) is 9.88 Å². The number of rotatable bonds is 5. The molecular formula is C13H17BrN2O3. The molecule has 1 aromatic heterocycles. The average molecular weight is 329 g/mol. The number of carbonyl (C=O) groups excluding carboxylic acids is 1. The zero-order valence-corrected chi connectivity index (χ0v) is 12.4. The summed E-state index contributed by atoms with van der Waals surface area (Å²) in [5, 5.41) is 11.8. The number of carboxylic acids is 1. The van der Waals surface area contributed by atoms with Crippen molar-refractivity contribution in [1.29, 1.82) is 0 Å². The fourth-order valence-electron chi connectivity index (χ4n) is 2.52. The highest BCUT2D eigenvalue weighted by Gasteiger charge is 2.39. The van der Waals surface area contributed by atoms with Gasteiger partial charge in [0.05, 0.1) is 6.42 Å². The number of amides is 1. The van der Waals surface area contributed by atoms with Gasteiger partial charge in [0, 0.05) is 24.3 Å². The second-order valence-corrected chi connectivity index (χ2v) is 6.18. The molecule has 0 aromatic carbocycles. The van der Waals surface area contributed by atoms with E-state index >= 15 is 0 Å². The van der Waals surface area contributed by atoms with Crippen LogP contribution in [0.3, 0.4) is 0 Å². The van der Waals surface area contributed by atoms with Crippen LogP contribution in [0, 0.1) is 5.41 Å². The first-order valence-electron chi connectivity index (χ1n) is 6.24. The van der Waals surface area contributed by atoms with Gasteiger partial charge < -0.3 is 15.0 Å². The van der Waals surface area contributed by atoms with Crippen molar-refractivity contribution in [2.75, 3.05) is 6.54 Å². The van der Waals surface area contributed by atoms with Crippen molar-refractivity contribution in [3.8, 4) is 0 Å². The van der Waals surface area contributed by atoms with Gasteiger partial charge >= 0.3 is 5.97 Å². The van der Waals surface area contributed by atoms with E-state index in [0.717, 1.165) is 23.7 Å². The van der Waals surface area contributed by atoms with Crippen LogP contribution in [0.4, 0.5) is 0 Å². The summed E-state index contributed by atoms with van der Waals surface area (Å²) in [6, 6.07) is 1.75. The molecule has 1 amide bonds. The van der Waals surface area contributed by atoms with Crippen molar-refractivity contribution in [3.05, 3.63) is 22.4 Å². The van der Waals surface area contributed by atoms with Crippen molar-refractivity contribution in [3.63, 3.8) is 0 Å². The van der Waals surface area contributed by atoms with Gasteiger partial charge in [-0.05, 0) is 40.3 Å². The van der Waals surface area contributed by atoms with Crippen molar-refractivity contribution >= 4 is 27.8 Å². The molecule has 104 valence electrons. The normalized spacial score (nSPS) is 16.7. The first-order valence-corrected chi connectivity index (χ1v) is 7.03. The quantitative estimate of drug-likeness (QED) is 0.870. The van der Waals surface area contributed by atoms with Gasteiger partial charge in [-0.3, -0.25) is 9.59 Å². The zero-order chi connectivity index (χ0) is 14.0. The summed E-state index contributed by atoms with van der Waals surface area (Å²) in [6.07, 6.45) is 4.72. The second-order valence-electron chi connectivity index (χ2n) is 5.26. The summed E-state index contributed by atoms with van der Waals surface area (Å²) in [5.41, 5.74) is 0.320. The van der Waals surface area contributed by atoms with Crippen LogP contribution in [0.1, 0.15) is 36.2 Å². The monoisotopic (exact) mass is 328 g/mol. The molecule has 0 aliphatic heterocycles. The number of aromatic nitrogens is 1. The third kappa shape index (κ3) is 3.18. The lowest BCUT2D eigenvalue weighted by atomic mass is 9.66. The van der Waals surface area contributed by atoms with E-state index in [2.05, 4.69) is 21.2 Å². The molecular weight excluding hydrogens is 312 g/mol. The molecule has 1 heterocycles. The van der Waals surface area contributed by atoms with E-state index in [9.17, 15) is 9.59 Å². The molecule has 0 radical (unpaired) electrons. The van der Waals surface area contributed by atoms with Crippen molar-refractivity contribution in [2.45, 2.75) is 25.7 Å². The van der Waals surface area contributed by atoms with Gasteiger partial charge in [0.25, 0.3) is 5.91 Å². The second kappa shape index (κ2) is 5.36. The van der Waals surface area contributed by atoms with Gasteiger partial charge in [0.15, 0.2) is 0 Å². The van der Waals surface area contributed by atoms with Gasteiger partial charge in [-0.1, -0.05) is 6.42 Å². The molecule has 1 fully saturated rings. The van der Waals surface area contributed by atoms with Crippen LogP contribution in [0.25, 0.3) is 0 Å². The fourth-order valence-corrected chi connectivity index (χ4v) is 3.05. The maximum Gasteiger partial charge on any atom is 0.303 e. The van der Waals surface area contributed by atoms with Gasteiger partial charge in [0.1, 0.15) is 5.69 Å². The Balaban J connectivity index is 1.96. The maximum atomic E-state index is 12.1. The Morgan fingerprint density at radius 3 is 2.63 bits per heavy atom. The standard InChI is InChI=1S/C13H17BrN2O3/c1-16-7-9(14)5-10(16)12(19)15-8-13(3-2-4-13)6-11(17)18/h5,7H,2-4,6,8H2,1H3,(H,15,19)(H,17,18). The molecule has 5 nitrogen and oxygen atoms in total. The lowest BCUT2D eigenvalue weighted by Gasteiger charge is -2.40. The summed E-state index contributed by atoms with van der Waals surface area (Å²) < 4.78 is 2.59. The van der Waals surface area contributed by atoms with E-state index in [4.69, 9.17) is 5.11 Å². The predicted octanol–water partition coefficient (Wildman–Crippen LogP) is 2.16. The molecule has 2 rings (SSSR count). The Hall–Kier alpha value is -1.30. The molecule has 0 bridgehead atoms. The van der Waals surface area contributed by atoms with E-state index in [1.807, 2.05) is 6.20 Å². The highest BCUT2D eigenvalue weighted by atomic mass is 79.9. The smallest absolute Gasteiger partial charge is 0.303 e. The molecule has 0 atom stereocenters. The molecule has 1 aliphatic carbocycles. The minimum Gasteiger partial charge on any atom is -0.481 e. The molecule has 6 heteroatoms. The molecule has 0 spiro atoms. The molecule has 19 heavy (non-hydrogen) atoms. The van der Waals surface area contributed by atoms with E-state index in [1.165, 1.54) is 0 Å². The minimum absolute atomic E-state index is 0.129. The number of hydrogen-bond acceptors (Lipinski definition) is 2. The van der Waals surface area contributed by atoms with Crippen molar-refractivity contribution < 1.29 is 14.7 Å². The van der Waals surface area contributed by atoms with Gasteiger partial charge in [0.2, 0.25) is 0 Å². The Labute approximate surface area is 120 Å². The summed E-state index contributed by atoms with van der Waals surface area (Å²) >= 11 is 3.32. The first-order chi connectivity index (χ1) is 8.92. The van der Waals surface area contributed by atoms with E-state index < -0.39 is 5.97 Å². The van der Waals surface area contributed by atoms with E-state index in [-0.39, 0.29) is 17.7 Å². The molecule has 1 aliphatic rings. The number of carboxylic acid groups (broad SMARTS) is 1. The Morgan fingerprint density at radius 1 is 1.53 bits per heavy atom. The summed E-state index contributed by atoms with van der Waals surface area (Å²) in [6.45, 7) is 0.431. The average Bonchev–Trinajstić information content (AvgIpc) is 2.60. The first kappa shape index (κ1) is 14.1. The Morgan fingerprint density at radius 2 is 2.21 bits per heavy atom. The minimum atomic E-state index is -0.796. The van der Waals surface area contributed by atoms with Crippen LogP contribution >= 0.6 is 15.9 Å². The highest BCUT2D eigenvalue weighted by molar-refractivity contribution is 9.10. The summed E-state index contributed by atoms with van der Waals surface area (Å²) in [5.74, 6) is -0.958. The van der Waals surface area contributed by atoms with Crippen molar-refractivity contribution in [2.24, 2.45) is 12.5 Å². The predicted molar refractivity (Wildman–Crippen MR) is 74.0 cm³/mol. The van der Waals surface area contributed by atoms with Crippen LogP contribution in [0.5, 0.6) is 0 Å². The zero-order valence-electron chi connectivity index (χ0n) is 10.8. The van der Waals surface area contributed by atoms with Gasteiger partial charge in [-0.15, -0.1) is 0 Å². The number of carbonyl (C=O) groups is 2. The third-order valence-electron chi connectivity index (χ3n) is 3.77. The number of aryl methyl sites for hydroxylation is 1. The highest BCUT2D eigenvalue weighted by Crippen LogP contribution is 2.43. The Kier molecular flexibility index (Phi) is 3.99. The topological polar surface area (TPSA) is 71.3 Å². The number of nitrogens with one attached hydrogen (secondary N) is 1. The molecule has 0 saturated heterocycles. The van der Waals surface area contributed by atoms with Crippen LogP contribution < -0.4 is 5.32 Å². The molecule has 0 unspecified atom stereocenters. The summed E-state index contributed by atoms with van der Waals surface area (Å²) in [4.78, 5) is 22.9. The summed E-state index contributed by atoms with van der Waals surface area (Å²) in [7, 11) is 1.80. The number of halogens is 1. The number of hydrogen-bond donors (Lipinski definition) is 2. The van der Waals surface area contributed by atoms with E-state index in [0.29, 0.717) is 12.2 Å². The molecule has 2 N–H and O–H groups in total. The number of aliphatic carboxylic acids is 1. The number of nitrogens with zero attached hydrogens (tertiary/aromatic N) is 1. The largest absolute Gasteiger partial charge is 0.481 e. The van der Waals surface area contributed by atoms with Crippen LogP contribution in [0.2, 0.25) is 0 Å². The van der Waals surface area contributed by atoms with E-state index in [1.54, 1.807) is 17.7 Å². The lowest BCUT2D eigenvalue weighted by molar-refractivity contribution is -0.141. The van der Waals surface area contributed by atoms with Crippen LogP contribution in [0.15, 0.2) is 16.7 Å². The van der Waals surface area contributed by atoms with Crippen LogP contribution in [-0.4, -0.2) is 28.1 Å². The third-order valence-corrected chi connectivity index (χ3v) is 4.20. The maximum absolute atomic E-state index is 12.1. The van der Waals surface area contributed by atoms with Gasteiger partial charge in [-0.2, -0.15) is 0 Å². The molecule has 1 saturated carbocycles. The Bertz CT molecular complexity index is 506. The lowest BCUT2D eigenvalue weighted by Crippen LogP contribution is -2.43. The van der Waals surface area contributed by atoms with Crippen LogP contribution in [-0.2, 0) is 11.8 Å². The molecule has 1 aromatic rings. The van der Waals surface area contributed by atoms with Gasteiger partial charge in [-0.25, -0.2) is 0 Å². The SMILES string of the molecule is Cn1cc(Br)cc1C(=O)NCC1(CC(=O)O)CCC1. The fraction of sp³-hybridized carbons (Fsp3) is 0.538.